The highest BCUT2D eigenvalue weighted by Gasteiger charge is 2.35. The van der Waals surface area contributed by atoms with Gasteiger partial charge >= 0.3 is 0 Å². The normalized spacial score (nSPS) is 13.7. The van der Waals surface area contributed by atoms with Gasteiger partial charge in [-0.05, 0) is 125 Å². The van der Waals surface area contributed by atoms with Crippen LogP contribution in [0.3, 0.4) is 0 Å². The molecule has 0 N–H and O–H groups in total. The van der Waals surface area contributed by atoms with Crippen LogP contribution in [-0.2, 0) is 5.41 Å². The third-order valence-electron chi connectivity index (χ3n) is 13.1. The van der Waals surface area contributed by atoms with Crippen molar-refractivity contribution in [1.29, 1.82) is 0 Å². The van der Waals surface area contributed by atoms with Crippen molar-refractivity contribution in [2.45, 2.75) is 33.1 Å². The molecule has 1 heteroatoms. The van der Waals surface area contributed by atoms with Crippen LogP contribution in [0.15, 0.2) is 152 Å². The lowest BCUT2D eigenvalue weighted by atomic mass is 9.81. The Balaban J connectivity index is 1.20. The van der Waals surface area contributed by atoms with E-state index in [-0.39, 0.29) is 5.41 Å². The van der Waals surface area contributed by atoms with Crippen molar-refractivity contribution < 1.29 is 0 Å². The smallest absolute Gasteiger partial charge is 0.0619 e. The molecule has 54 heavy (non-hydrogen) atoms. The number of benzene rings is 10. The maximum atomic E-state index is 2.57. The zero-order valence-corrected chi connectivity index (χ0v) is 30.9. The summed E-state index contributed by atoms with van der Waals surface area (Å²) in [7, 11) is 0. The van der Waals surface area contributed by atoms with Gasteiger partial charge in [-0.15, -0.1) is 0 Å². The van der Waals surface area contributed by atoms with E-state index in [1.54, 1.807) is 0 Å². The Hall–Kier alpha value is -6.44. The van der Waals surface area contributed by atoms with Gasteiger partial charge in [-0.1, -0.05) is 147 Å². The lowest BCUT2D eigenvalue weighted by Crippen LogP contribution is -2.14. The predicted octanol–water partition coefficient (Wildman–Crippen LogP) is 14.6. The van der Waals surface area contributed by atoms with Crippen LogP contribution in [0.5, 0.6) is 0 Å². The van der Waals surface area contributed by atoms with Crippen LogP contribution >= 0.6 is 0 Å². The molecule has 0 saturated carbocycles. The van der Waals surface area contributed by atoms with Gasteiger partial charge in [-0.2, -0.15) is 0 Å². The largest absolute Gasteiger partial charge is 0.312 e. The first kappa shape index (κ1) is 30.1. The second-order valence-electron chi connectivity index (χ2n) is 16.1. The van der Waals surface area contributed by atoms with E-state index >= 15 is 0 Å². The number of hydrogen-bond acceptors (Lipinski definition) is 0. The minimum absolute atomic E-state index is 0.0594. The Labute approximate surface area is 314 Å². The minimum atomic E-state index is -0.0594. The Kier molecular flexibility index (Phi) is 5.77. The summed E-state index contributed by atoms with van der Waals surface area (Å²) < 4.78 is 2.57. The highest BCUT2D eigenvalue weighted by atomic mass is 15.0. The van der Waals surface area contributed by atoms with Gasteiger partial charge < -0.3 is 4.57 Å². The highest BCUT2D eigenvalue weighted by Crippen LogP contribution is 2.51. The van der Waals surface area contributed by atoms with Gasteiger partial charge in [0.1, 0.15) is 0 Å². The molecule has 0 amide bonds. The van der Waals surface area contributed by atoms with Gasteiger partial charge in [0, 0.05) is 27.3 Å². The molecule has 12 rings (SSSR count). The topological polar surface area (TPSA) is 4.93 Å². The molecule has 1 nitrogen and oxygen atoms in total. The Bertz CT molecular complexity index is 3410. The summed E-state index contributed by atoms with van der Waals surface area (Å²) >= 11 is 0. The fourth-order valence-electron chi connectivity index (χ4n) is 10.5. The molecule has 0 spiro atoms. The van der Waals surface area contributed by atoms with Crippen molar-refractivity contribution in [2.24, 2.45) is 0 Å². The molecule has 0 bridgehead atoms. The van der Waals surface area contributed by atoms with Crippen LogP contribution in [0.2, 0.25) is 0 Å². The van der Waals surface area contributed by atoms with Gasteiger partial charge in [0.05, 0.1) is 11.2 Å². The van der Waals surface area contributed by atoms with Crippen LogP contribution in [-0.4, -0.2) is 4.57 Å². The lowest BCUT2D eigenvalue weighted by Gasteiger charge is -2.22. The van der Waals surface area contributed by atoms with Crippen molar-refractivity contribution in [3.05, 3.63) is 174 Å². The summed E-state index contributed by atoms with van der Waals surface area (Å²) in [5, 5.41) is 17.0. The van der Waals surface area contributed by atoms with E-state index in [9.17, 15) is 0 Å². The lowest BCUT2D eigenvalue weighted by molar-refractivity contribution is 0.660. The van der Waals surface area contributed by atoms with Gasteiger partial charge in [-0.25, -0.2) is 0 Å². The summed E-state index contributed by atoms with van der Waals surface area (Å²) in [6.45, 7) is 9.40. The zero-order valence-electron chi connectivity index (χ0n) is 30.9. The first-order valence-electron chi connectivity index (χ1n) is 19.2. The molecule has 1 aliphatic rings. The van der Waals surface area contributed by atoms with Crippen molar-refractivity contribution in [2.75, 3.05) is 0 Å². The van der Waals surface area contributed by atoms with Crippen LogP contribution in [0.1, 0.15) is 36.2 Å². The highest BCUT2D eigenvalue weighted by molar-refractivity contribution is 6.34. The fourth-order valence-corrected chi connectivity index (χ4v) is 10.5. The van der Waals surface area contributed by atoms with E-state index in [0.29, 0.717) is 0 Å². The average molecular weight is 688 g/mol. The van der Waals surface area contributed by atoms with Crippen LogP contribution in [0.4, 0.5) is 0 Å². The molecule has 10 aromatic carbocycles. The number of aromatic nitrogens is 1. The number of fused-ring (bicyclic) bond motifs is 11. The number of rotatable bonds is 2. The quantitative estimate of drug-likeness (QED) is 0.159. The standard InChI is InChI=1S/C53H37N/c1-30-31(2)54(47-27-24-34-21-20-32-12-11-13-33-22-26-42(47)50(34)49(32)33)52-41-18-8-6-15-37(41)44-29-43(36-14-5-7-17-40(36)51(44)48(30)52)35-23-25-39-38-16-9-10-19-45(38)53(3,4)46(39)28-35/h5-29H,1-4H3. The van der Waals surface area contributed by atoms with E-state index in [0.717, 1.165) is 0 Å². The third kappa shape index (κ3) is 3.69. The van der Waals surface area contributed by atoms with Crippen molar-refractivity contribution >= 4 is 75.5 Å². The molecular formula is C53H37N. The molecule has 11 aromatic rings. The minimum Gasteiger partial charge on any atom is -0.312 e. The summed E-state index contributed by atoms with van der Waals surface area (Å²) in [5.41, 5.74) is 13.2. The molecule has 254 valence electrons. The number of nitrogens with zero attached hydrogens (tertiary/aromatic N) is 1. The summed E-state index contributed by atoms with van der Waals surface area (Å²) in [4.78, 5) is 0. The van der Waals surface area contributed by atoms with E-state index < -0.39 is 0 Å². The second-order valence-corrected chi connectivity index (χ2v) is 16.1. The molecule has 0 atom stereocenters. The maximum Gasteiger partial charge on any atom is 0.0619 e. The van der Waals surface area contributed by atoms with Gasteiger partial charge in [-0.3, -0.25) is 0 Å². The van der Waals surface area contributed by atoms with Crippen LogP contribution in [0.25, 0.3) is 103 Å². The fraction of sp³-hybridized carbons (Fsp3) is 0.0943. The van der Waals surface area contributed by atoms with Gasteiger partial charge in [0.25, 0.3) is 0 Å². The molecular weight excluding hydrogens is 651 g/mol. The molecule has 0 radical (unpaired) electrons. The third-order valence-corrected chi connectivity index (χ3v) is 13.1. The molecule has 0 saturated heterocycles. The monoisotopic (exact) mass is 687 g/mol. The van der Waals surface area contributed by atoms with Crippen molar-refractivity contribution in [3.8, 4) is 27.9 Å². The summed E-state index contributed by atoms with van der Waals surface area (Å²) in [5.74, 6) is 0. The first-order chi connectivity index (χ1) is 26.4. The SMILES string of the molecule is Cc1c(C)n(-c2ccc3ccc4cccc5ccc2c3c45)c2c3ccccc3c3cc(-c4ccc5c(c4)C(C)(C)c4ccccc4-5)c4ccccc4c3c12. The van der Waals surface area contributed by atoms with E-state index in [2.05, 4.69) is 184 Å². The summed E-state index contributed by atoms with van der Waals surface area (Å²) in [6, 6.07) is 57.4. The van der Waals surface area contributed by atoms with Crippen molar-refractivity contribution in [1.82, 2.24) is 4.57 Å². The molecule has 0 aliphatic heterocycles. The molecule has 0 unspecified atom stereocenters. The van der Waals surface area contributed by atoms with Crippen molar-refractivity contribution in [3.63, 3.8) is 0 Å². The van der Waals surface area contributed by atoms with E-state index in [1.165, 1.54) is 126 Å². The average Bonchev–Trinajstić information content (AvgIpc) is 3.61. The predicted molar refractivity (Wildman–Crippen MR) is 232 cm³/mol. The summed E-state index contributed by atoms with van der Waals surface area (Å²) in [6.07, 6.45) is 0. The number of hydrogen-bond donors (Lipinski definition) is 0. The molecule has 1 aliphatic carbocycles. The number of aryl methyl sites for hydroxylation is 1. The Morgan fingerprint density at radius 3 is 1.87 bits per heavy atom. The molecule has 1 heterocycles. The van der Waals surface area contributed by atoms with Gasteiger partial charge in [0.15, 0.2) is 0 Å². The Morgan fingerprint density at radius 2 is 1.06 bits per heavy atom. The van der Waals surface area contributed by atoms with Crippen LogP contribution in [0, 0.1) is 13.8 Å². The Morgan fingerprint density at radius 1 is 0.407 bits per heavy atom. The van der Waals surface area contributed by atoms with Gasteiger partial charge in [0.2, 0.25) is 0 Å². The zero-order chi connectivity index (χ0) is 36.0. The molecule has 0 fully saturated rings. The van der Waals surface area contributed by atoms with Crippen LogP contribution < -0.4 is 0 Å². The maximum absolute atomic E-state index is 2.57. The van der Waals surface area contributed by atoms with E-state index in [4.69, 9.17) is 0 Å². The van der Waals surface area contributed by atoms with E-state index in [1.807, 2.05) is 0 Å². The second kappa shape index (κ2) is 10.4. The molecule has 1 aromatic heterocycles. The first-order valence-corrected chi connectivity index (χ1v) is 19.2.